The lowest BCUT2D eigenvalue weighted by Gasteiger charge is -2.28. The van der Waals surface area contributed by atoms with Crippen LogP contribution in [0.15, 0.2) is 0 Å². The van der Waals surface area contributed by atoms with Crippen molar-refractivity contribution in [3.63, 3.8) is 0 Å². The van der Waals surface area contributed by atoms with E-state index in [2.05, 4.69) is 29.8 Å². The van der Waals surface area contributed by atoms with Crippen LogP contribution in [0.25, 0.3) is 0 Å². The second-order valence-electron chi connectivity index (χ2n) is 6.27. The number of hydrogen-bond acceptors (Lipinski definition) is 5. The molecule has 0 spiro atoms. The lowest BCUT2D eigenvalue weighted by molar-refractivity contribution is 0.0652. The minimum atomic E-state index is 0.406. The van der Waals surface area contributed by atoms with Crippen LogP contribution in [0.3, 0.4) is 0 Å². The molecule has 0 aromatic heterocycles. The van der Waals surface area contributed by atoms with Gasteiger partial charge in [-0.2, -0.15) is 0 Å². The van der Waals surface area contributed by atoms with Gasteiger partial charge in [0.1, 0.15) is 0 Å². The highest BCUT2D eigenvalue weighted by atomic mass is 32.2. The Morgan fingerprint density at radius 2 is 2.20 bits per heavy atom. The number of nitrogens with zero attached hydrogens (tertiary/aromatic N) is 1. The zero-order valence-corrected chi connectivity index (χ0v) is 14.0. The van der Waals surface area contributed by atoms with Crippen molar-refractivity contribution in [2.75, 3.05) is 39.6 Å². The lowest BCUT2D eigenvalue weighted by atomic mass is 9.97. The molecule has 118 valence electrons. The van der Waals surface area contributed by atoms with Gasteiger partial charge in [-0.15, -0.1) is 0 Å². The lowest BCUT2D eigenvalue weighted by Crippen LogP contribution is -2.37. The highest BCUT2D eigenvalue weighted by Crippen LogP contribution is 2.25. The fraction of sp³-hybridized carbons (Fsp3) is 1.00. The summed E-state index contributed by atoms with van der Waals surface area (Å²) in [6.07, 6.45) is 7.82. The van der Waals surface area contributed by atoms with E-state index in [1.54, 1.807) is 11.9 Å². The smallest absolute Gasteiger partial charge is 0.0712 e. The van der Waals surface area contributed by atoms with Gasteiger partial charge in [0, 0.05) is 32.3 Å². The van der Waals surface area contributed by atoms with Crippen molar-refractivity contribution >= 4 is 11.9 Å². The van der Waals surface area contributed by atoms with E-state index >= 15 is 0 Å². The molecule has 0 aromatic rings. The van der Waals surface area contributed by atoms with E-state index in [0.717, 1.165) is 26.3 Å². The summed E-state index contributed by atoms with van der Waals surface area (Å²) in [4.78, 5) is 2.46. The molecule has 4 unspecified atom stereocenters. The molecule has 20 heavy (non-hydrogen) atoms. The van der Waals surface area contributed by atoms with Gasteiger partial charge in [-0.1, -0.05) is 11.9 Å². The van der Waals surface area contributed by atoms with E-state index in [0.29, 0.717) is 24.2 Å². The van der Waals surface area contributed by atoms with Crippen LogP contribution < -0.4 is 4.72 Å². The molecule has 0 amide bonds. The molecule has 5 heteroatoms. The van der Waals surface area contributed by atoms with Crippen molar-refractivity contribution in [2.24, 2.45) is 5.92 Å². The molecule has 4 atom stereocenters. The van der Waals surface area contributed by atoms with Gasteiger partial charge in [0.15, 0.2) is 0 Å². The predicted octanol–water partition coefficient (Wildman–Crippen LogP) is 2.15. The number of rotatable bonds is 8. The molecular formula is C15H30N2O2S. The topological polar surface area (TPSA) is 33.7 Å². The third-order valence-electron chi connectivity index (χ3n) is 4.56. The maximum absolute atomic E-state index is 5.86. The number of nitrogens with one attached hydrogen (secondary N) is 1. The molecule has 2 saturated heterocycles. The third-order valence-corrected chi connectivity index (χ3v) is 5.02. The zero-order chi connectivity index (χ0) is 14.4. The Kier molecular flexibility index (Phi) is 7.11. The van der Waals surface area contributed by atoms with E-state index in [-0.39, 0.29) is 0 Å². The van der Waals surface area contributed by atoms with E-state index in [9.17, 15) is 0 Å². The number of likely N-dealkylation sites (N-methyl/N-ethyl adjacent to an activating group) is 1. The Labute approximate surface area is 128 Å². The first-order chi connectivity index (χ1) is 9.69. The normalized spacial score (nSPS) is 32.1. The molecule has 0 aliphatic carbocycles. The van der Waals surface area contributed by atoms with Gasteiger partial charge in [-0.05, 0) is 51.8 Å². The first kappa shape index (κ1) is 16.6. The van der Waals surface area contributed by atoms with Crippen molar-refractivity contribution in [1.29, 1.82) is 0 Å². The molecule has 2 aliphatic heterocycles. The first-order valence-electron chi connectivity index (χ1n) is 7.88. The number of hydrogen-bond donors (Lipinski definition) is 1. The van der Waals surface area contributed by atoms with Crippen molar-refractivity contribution in [1.82, 2.24) is 9.62 Å². The summed E-state index contributed by atoms with van der Waals surface area (Å²) in [5, 5.41) is 0. The van der Waals surface area contributed by atoms with Crippen molar-refractivity contribution in [2.45, 2.75) is 50.9 Å². The molecule has 2 heterocycles. The van der Waals surface area contributed by atoms with Crippen molar-refractivity contribution < 1.29 is 9.47 Å². The Morgan fingerprint density at radius 3 is 2.90 bits per heavy atom. The van der Waals surface area contributed by atoms with Crippen LogP contribution in [-0.2, 0) is 9.47 Å². The molecule has 0 saturated carbocycles. The van der Waals surface area contributed by atoms with Crippen molar-refractivity contribution in [3.05, 3.63) is 0 Å². The Hall–Kier alpha value is 0.190. The van der Waals surface area contributed by atoms with Gasteiger partial charge in [0.2, 0.25) is 0 Å². The Bertz CT molecular complexity index is 275. The molecule has 1 N–H and O–H groups in total. The van der Waals surface area contributed by atoms with Crippen LogP contribution in [0.2, 0.25) is 0 Å². The highest BCUT2D eigenvalue weighted by molar-refractivity contribution is 7.96. The van der Waals surface area contributed by atoms with E-state index in [4.69, 9.17) is 9.47 Å². The Balaban J connectivity index is 1.64. The highest BCUT2D eigenvalue weighted by Gasteiger charge is 2.28. The summed E-state index contributed by atoms with van der Waals surface area (Å²) in [6, 6.07) is 0.611. The summed E-state index contributed by atoms with van der Waals surface area (Å²) in [5.41, 5.74) is 0. The fourth-order valence-electron chi connectivity index (χ4n) is 3.21. The quantitative estimate of drug-likeness (QED) is 0.695. The molecule has 0 radical (unpaired) electrons. The zero-order valence-electron chi connectivity index (χ0n) is 13.1. The summed E-state index contributed by atoms with van der Waals surface area (Å²) in [5.74, 6) is 0.714. The standard InChI is InChI=1S/C15H30N2O2S/c1-12(17(2)10-14-5-4-6-18-14)7-13-8-15(19-11-13)9-16-20-3/h12-16H,4-11H2,1-3H3. The summed E-state index contributed by atoms with van der Waals surface area (Å²) >= 11 is 1.67. The summed E-state index contributed by atoms with van der Waals surface area (Å²) in [6.45, 7) is 6.26. The van der Waals surface area contributed by atoms with Gasteiger partial charge >= 0.3 is 0 Å². The van der Waals surface area contributed by atoms with Crippen LogP contribution in [0.5, 0.6) is 0 Å². The van der Waals surface area contributed by atoms with Crippen LogP contribution in [0.4, 0.5) is 0 Å². The summed E-state index contributed by atoms with van der Waals surface area (Å²) < 4.78 is 14.9. The third kappa shape index (κ3) is 5.19. The number of ether oxygens (including phenoxy) is 2. The van der Waals surface area contributed by atoms with Gasteiger partial charge < -0.3 is 14.4 Å². The fourth-order valence-corrected chi connectivity index (χ4v) is 3.57. The average molecular weight is 302 g/mol. The van der Waals surface area contributed by atoms with Crippen molar-refractivity contribution in [3.8, 4) is 0 Å². The maximum Gasteiger partial charge on any atom is 0.0712 e. The molecule has 0 aromatic carbocycles. The molecular weight excluding hydrogens is 272 g/mol. The largest absolute Gasteiger partial charge is 0.377 e. The van der Waals surface area contributed by atoms with Crippen LogP contribution in [0.1, 0.15) is 32.6 Å². The molecule has 4 nitrogen and oxygen atoms in total. The SMILES string of the molecule is CSNCC1CC(CC(C)N(C)CC2CCCO2)CO1. The molecule has 2 rings (SSSR count). The van der Waals surface area contributed by atoms with Gasteiger partial charge in [-0.25, -0.2) is 0 Å². The molecule has 0 bridgehead atoms. The minimum absolute atomic E-state index is 0.406. The van der Waals surface area contributed by atoms with Gasteiger partial charge in [-0.3, -0.25) is 4.72 Å². The van der Waals surface area contributed by atoms with Crippen LogP contribution in [0, 0.1) is 5.92 Å². The second-order valence-corrected chi connectivity index (χ2v) is 6.97. The summed E-state index contributed by atoms with van der Waals surface area (Å²) in [7, 11) is 2.23. The second kappa shape index (κ2) is 8.59. The molecule has 2 fully saturated rings. The molecule has 2 aliphatic rings. The van der Waals surface area contributed by atoms with Gasteiger partial charge in [0.25, 0.3) is 0 Å². The van der Waals surface area contributed by atoms with Crippen LogP contribution >= 0.6 is 11.9 Å². The van der Waals surface area contributed by atoms with E-state index in [1.807, 2.05) is 0 Å². The maximum atomic E-state index is 5.86. The van der Waals surface area contributed by atoms with Crippen LogP contribution in [-0.4, -0.2) is 62.8 Å². The van der Waals surface area contributed by atoms with Gasteiger partial charge in [0.05, 0.1) is 12.2 Å². The monoisotopic (exact) mass is 302 g/mol. The predicted molar refractivity (Wildman–Crippen MR) is 85.0 cm³/mol. The average Bonchev–Trinajstić information content (AvgIpc) is 3.08. The first-order valence-corrected chi connectivity index (χ1v) is 9.10. The van der Waals surface area contributed by atoms with E-state index < -0.39 is 0 Å². The Morgan fingerprint density at radius 1 is 1.35 bits per heavy atom. The van der Waals surface area contributed by atoms with E-state index in [1.165, 1.54) is 25.7 Å². The minimum Gasteiger partial charge on any atom is -0.377 e.